The van der Waals surface area contributed by atoms with Gasteiger partial charge in [0.25, 0.3) is 11.6 Å². The van der Waals surface area contributed by atoms with Gasteiger partial charge in [-0.15, -0.1) is 0 Å². The van der Waals surface area contributed by atoms with Gasteiger partial charge in [0.05, 0.1) is 16.7 Å². The lowest BCUT2D eigenvalue weighted by atomic mass is 10.00. The second-order valence-corrected chi connectivity index (χ2v) is 6.89. The van der Waals surface area contributed by atoms with Gasteiger partial charge >= 0.3 is 0 Å². The number of nitrogens with one attached hydrogen (secondary N) is 1. The third-order valence-corrected chi connectivity index (χ3v) is 4.97. The first kappa shape index (κ1) is 18.9. The maximum absolute atomic E-state index is 13.4. The van der Waals surface area contributed by atoms with Crippen molar-refractivity contribution < 1.29 is 23.2 Å². The number of benzene rings is 2. The molecule has 9 heteroatoms. The zero-order valence-electron chi connectivity index (χ0n) is 15.3. The Hall–Kier alpha value is -3.49. The second-order valence-electron chi connectivity index (χ2n) is 6.89. The van der Waals surface area contributed by atoms with Crippen LogP contribution in [0, 0.1) is 21.7 Å². The number of nitrogens with zero attached hydrogens (tertiary/aromatic N) is 2. The van der Waals surface area contributed by atoms with Crippen molar-refractivity contribution in [2.24, 2.45) is 0 Å². The first-order chi connectivity index (χ1) is 13.9. The van der Waals surface area contributed by atoms with Crippen molar-refractivity contribution in [2.45, 2.75) is 12.8 Å². The highest BCUT2D eigenvalue weighted by Crippen LogP contribution is 2.40. The van der Waals surface area contributed by atoms with E-state index in [2.05, 4.69) is 5.32 Å². The fraction of sp³-hybridized carbons (Fsp3) is 0.250. The van der Waals surface area contributed by atoms with Crippen LogP contribution in [-0.2, 0) is 4.79 Å². The van der Waals surface area contributed by atoms with Crippen LogP contribution in [0.4, 0.5) is 25.8 Å². The highest BCUT2D eigenvalue weighted by Gasteiger charge is 2.28. The van der Waals surface area contributed by atoms with Crippen molar-refractivity contribution in [1.82, 2.24) is 0 Å². The van der Waals surface area contributed by atoms with E-state index in [4.69, 9.17) is 4.74 Å². The van der Waals surface area contributed by atoms with Crippen LogP contribution in [0.25, 0.3) is 6.08 Å². The van der Waals surface area contributed by atoms with E-state index in [1.54, 1.807) is 6.07 Å². The number of hydrogen-bond acceptors (Lipinski definition) is 5. The normalized spacial score (nSPS) is 16.0. The predicted octanol–water partition coefficient (Wildman–Crippen LogP) is 3.89. The number of piperidine rings is 1. The summed E-state index contributed by atoms with van der Waals surface area (Å²) in [6.07, 6.45) is 3.06. The SMILES string of the molecule is O=C1COc2cc([N+](=O)[O-])c(N3CCC(=Cc4ccc(F)c(F)c4)CC3)cc2N1. The summed E-state index contributed by atoms with van der Waals surface area (Å²) in [7, 11) is 0. The van der Waals surface area contributed by atoms with Crippen molar-refractivity contribution in [3.8, 4) is 5.75 Å². The molecule has 0 radical (unpaired) electrons. The van der Waals surface area contributed by atoms with Crippen molar-refractivity contribution in [3.63, 3.8) is 0 Å². The summed E-state index contributed by atoms with van der Waals surface area (Å²) in [5, 5.41) is 14.2. The molecule has 150 valence electrons. The minimum absolute atomic E-state index is 0.0899. The smallest absolute Gasteiger partial charge is 0.296 e. The van der Waals surface area contributed by atoms with Crippen LogP contribution in [0.5, 0.6) is 5.75 Å². The Bertz CT molecular complexity index is 1030. The summed E-state index contributed by atoms with van der Waals surface area (Å²) in [6, 6.07) is 6.63. The van der Waals surface area contributed by atoms with Crippen LogP contribution in [0.15, 0.2) is 35.9 Å². The number of nitro groups is 1. The van der Waals surface area contributed by atoms with Gasteiger partial charge in [-0.2, -0.15) is 0 Å². The van der Waals surface area contributed by atoms with Crippen molar-refractivity contribution >= 4 is 29.0 Å². The largest absolute Gasteiger partial charge is 0.481 e. The fourth-order valence-corrected chi connectivity index (χ4v) is 3.52. The molecule has 0 saturated carbocycles. The summed E-state index contributed by atoms with van der Waals surface area (Å²) in [6.45, 7) is 0.860. The highest BCUT2D eigenvalue weighted by molar-refractivity contribution is 5.97. The van der Waals surface area contributed by atoms with Gasteiger partial charge in [0.15, 0.2) is 24.0 Å². The molecule has 0 bridgehead atoms. The van der Waals surface area contributed by atoms with E-state index in [-0.39, 0.29) is 24.0 Å². The second kappa shape index (κ2) is 7.50. The average molecular weight is 401 g/mol. The van der Waals surface area contributed by atoms with Gasteiger partial charge in [0, 0.05) is 13.1 Å². The topological polar surface area (TPSA) is 84.7 Å². The summed E-state index contributed by atoms with van der Waals surface area (Å²) in [5.41, 5.74) is 2.35. The first-order valence-corrected chi connectivity index (χ1v) is 9.05. The third kappa shape index (κ3) is 3.89. The molecule has 0 aliphatic carbocycles. The number of hydrogen-bond donors (Lipinski definition) is 1. The lowest BCUT2D eigenvalue weighted by Crippen LogP contribution is -2.32. The number of amides is 1. The minimum atomic E-state index is -0.897. The van der Waals surface area contributed by atoms with Crippen molar-refractivity contribution in [2.75, 3.05) is 29.9 Å². The van der Waals surface area contributed by atoms with E-state index < -0.39 is 16.6 Å². The Balaban J connectivity index is 1.55. The Morgan fingerprint density at radius 2 is 1.90 bits per heavy atom. The monoisotopic (exact) mass is 401 g/mol. The molecule has 2 aromatic carbocycles. The molecule has 7 nitrogen and oxygen atoms in total. The zero-order valence-corrected chi connectivity index (χ0v) is 15.3. The molecule has 2 aliphatic rings. The Morgan fingerprint density at radius 3 is 2.59 bits per heavy atom. The number of halogens is 2. The van der Waals surface area contributed by atoms with Crippen LogP contribution in [0.1, 0.15) is 18.4 Å². The molecule has 0 aromatic heterocycles. The maximum Gasteiger partial charge on any atom is 0.296 e. The Morgan fingerprint density at radius 1 is 1.14 bits per heavy atom. The van der Waals surface area contributed by atoms with Crippen LogP contribution < -0.4 is 15.0 Å². The molecule has 1 fully saturated rings. The summed E-state index contributed by atoms with van der Waals surface area (Å²) < 4.78 is 31.7. The summed E-state index contributed by atoms with van der Waals surface area (Å²) in [5.74, 6) is -1.83. The lowest BCUT2D eigenvalue weighted by molar-refractivity contribution is -0.384. The fourth-order valence-electron chi connectivity index (χ4n) is 3.52. The first-order valence-electron chi connectivity index (χ1n) is 9.05. The molecule has 29 heavy (non-hydrogen) atoms. The summed E-state index contributed by atoms with van der Waals surface area (Å²) >= 11 is 0. The standard InChI is InChI=1S/C20H17F2N3O4/c21-14-2-1-13(8-15(14)22)7-12-3-5-24(6-4-12)17-9-16-19(10-18(17)25(27)28)29-11-20(26)23-16/h1-2,7-10H,3-6,11H2,(H,23,26). The Kier molecular flexibility index (Phi) is 4.87. The maximum atomic E-state index is 13.4. The van der Waals surface area contributed by atoms with Crippen LogP contribution in [0.2, 0.25) is 0 Å². The van der Waals surface area contributed by atoms with E-state index in [0.717, 1.165) is 17.7 Å². The molecule has 1 amide bonds. The van der Waals surface area contributed by atoms with E-state index in [1.165, 1.54) is 12.1 Å². The molecule has 0 atom stereocenters. The highest BCUT2D eigenvalue weighted by atomic mass is 19.2. The molecule has 0 spiro atoms. The van der Waals surface area contributed by atoms with E-state index >= 15 is 0 Å². The van der Waals surface area contributed by atoms with Gasteiger partial charge in [-0.3, -0.25) is 14.9 Å². The van der Waals surface area contributed by atoms with Gasteiger partial charge < -0.3 is 15.0 Å². The molecule has 0 unspecified atom stereocenters. The molecule has 2 aromatic rings. The van der Waals surface area contributed by atoms with Crippen LogP contribution in [0.3, 0.4) is 0 Å². The Labute approximate surface area is 164 Å². The van der Waals surface area contributed by atoms with E-state index in [0.29, 0.717) is 42.9 Å². The lowest BCUT2D eigenvalue weighted by Gasteiger charge is -2.31. The van der Waals surface area contributed by atoms with Crippen LogP contribution in [-0.4, -0.2) is 30.5 Å². The zero-order chi connectivity index (χ0) is 20.5. The molecule has 4 rings (SSSR count). The van der Waals surface area contributed by atoms with E-state index in [1.807, 2.05) is 11.0 Å². The van der Waals surface area contributed by atoms with Crippen molar-refractivity contribution in [1.29, 1.82) is 0 Å². The molecule has 2 heterocycles. The molecular formula is C20H17F2N3O4. The number of nitro benzene ring substituents is 1. The van der Waals surface area contributed by atoms with Gasteiger partial charge in [0.2, 0.25) is 0 Å². The number of carbonyl (C=O) groups is 1. The van der Waals surface area contributed by atoms with Crippen molar-refractivity contribution in [3.05, 3.63) is 63.2 Å². The van der Waals surface area contributed by atoms with Gasteiger partial charge in [0.1, 0.15) is 5.69 Å². The minimum Gasteiger partial charge on any atom is -0.481 e. The van der Waals surface area contributed by atoms with Gasteiger partial charge in [-0.05, 0) is 36.6 Å². The third-order valence-electron chi connectivity index (χ3n) is 4.97. The number of anilines is 2. The van der Waals surface area contributed by atoms with E-state index in [9.17, 15) is 23.7 Å². The molecular weight excluding hydrogens is 384 g/mol. The number of rotatable bonds is 3. The molecule has 1 N–H and O–H groups in total. The molecule has 1 saturated heterocycles. The summed E-state index contributed by atoms with van der Waals surface area (Å²) in [4.78, 5) is 24.5. The average Bonchev–Trinajstić information content (AvgIpc) is 2.70. The number of ether oxygens (including phenoxy) is 1. The van der Waals surface area contributed by atoms with Crippen LogP contribution >= 0.6 is 0 Å². The quantitative estimate of drug-likeness (QED) is 0.623. The number of fused-ring (bicyclic) bond motifs is 1. The van der Waals surface area contributed by atoms with Gasteiger partial charge in [-0.1, -0.05) is 17.7 Å². The predicted molar refractivity (Wildman–Crippen MR) is 103 cm³/mol. The molecule has 2 aliphatic heterocycles. The van der Waals surface area contributed by atoms with Gasteiger partial charge in [-0.25, -0.2) is 8.78 Å². The number of carbonyl (C=O) groups excluding carboxylic acids is 1.